The lowest BCUT2D eigenvalue weighted by atomic mass is 10.1. The highest BCUT2D eigenvalue weighted by Gasteiger charge is 2.16. The van der Waals surface area contributed by atoms with Crippen LogP contribution in [-0.2, 0) is 16.0 Å². The fourth-order valence-electron chi connectivity index (χ4n) is 2.92. The highest BCUT2D eigenvalue weighted by molar-refractivity contribution is 5.78. The maximum absolute atomic E-state index is 12.2. The third-order valence-corrected chi connectivity index (χ3v) is 4.50. The first-order chi connectivity index (χ1) is 13.5. The molecule has 1 aliphatic heterocycles. The van der Waals surface area contributed by atoms with Crippen LogP contribution in [0.4, 0.5) is 0 Å². The molecule has 0 bridgehead atoms. The van der Waals surface area contributed by atoms with Crippen molar-refractivity contribution in [3.05, 3.63) is 53.6 Å². The van der Waals surface area contributed by atoms with Gasteiger partial charge in [-0.3, -0.25) is 4.79 Å². The molecule has 1 N–H and O–H groups in total. The van der Waals surface area contributed by atoms with Crippen molar-refractivity contribution in [2.24, 2.45) is 0 Å². The standard InChI is InChI=1S/C22H25NO5/c1-15(24)3-4-17-5-8-19(9-6-17)28-14-22(25)23-16(2)18-7-10-20-21(13-18)27-12-11-26-20/h5-10,13,16H,3-4,11-12,14H2,1-2H3,(H,23,25). The van der Waals surface area contributed by atoms with Crippen LogP contribution in [0.25, 0.3) is 0 Å². The number of ketones is 1. The summed E-state index contributed by atoms with van der Waals surface area (Å²) in [5, 5.41) is 2.92. The number of rotatable bonds is 8. The molecule has 0 spiro atoms. The number of benzene rings is 2. The second-order valence-electron chi connectivity index (χ2n) is 6.83. The van der Waals surface area contributed by atoms with E-state index in [1.54, 1.807) is 6.92 Å². The van der Waals surface area contributed by atoms with E-state index >= 15 is 0 Å². The van der Waals surface area contributed by atoms with Gasteiger partial charge < -0.3 is 24.3 Å². The molecule has 0 fully saturated rings. The molecule has 0 saturated heterocycles. The number of amides is 1. The molecular weight excluding hydrogens is 358 g/mol. The summed E-state index contributed by atoms with van der Waals surface area (Å²) in [4.78, 5) is 23.2. The fraction of sp³-hybridized carbons (Fsp3) is 0.364. The van der Waals surface area contributed by atoms with Gasteiger partial charge in [-0.15, -0.1) is 0 Å². The Hall–Kier alpha value is -3.02. The average molecular weight is 383 g/mol. The Labute approximate surface area is 164 Å². The first-order valence-corrected chi connectivity index (χ1v) is 9.41. The normalized spacial score (nSPS) is 13.5. The Balaban J connectivity index is 1.48. The molecule has 1 heterocycles. The highest BCUT2D eigenvalue weighted by atomic mass is 16.6. The summed E-state index contributed by atoms with van der Waals surface area (Å²) in [6, 6.07) is 12.9. The number of carbonyl (C=O) groups is 2. The van der Waals surface area contributed by atoms with E-state index in [9.17, 15) is 9.59 Å². The monoisotopic (exact) mass is 383 g/mol. The Kier molecular flexibility index (Phi) is 6.53. The van der Waals surface area contributed by atoms with Gasteiger partial charge in [-0.25, -0.2) is 0 Å². The van der Waals surface area contributed by atoms with Crippen LogP contribution in [-0.4, -0.2) is 31.5 Å². The Bertz CT molecular complexity index is 831. The van der Waals surface area contributed by atoms with E-state index in [1.165, 1.54) is 0 Å². The van der Waals surface area contributed by atoms with Gasteiger partial charge in [0.25, 0.3) is 5.91 Å². The number of fused-ring (bicyclic) bond motifs is 1. The lowest BCUT2D eigenvalue weighted by molar-refractivity contribution is -0.123. The van der Waals surface area contributed by atoms with E-state index in [0.717, 1.165) is 16.9 Å². The van der Waals surface area contributed by atoms with Crippen LogP contribution in [0.15, 0.2) is 42.5 Å². The van der Waals surface area contributed by atoms with Crippen molar-refractivity contribution >= 4 is 11.7 Å². The number of nitrogens with one attached hydrogen (secondary N) is 1. The Morgan fingerprint density at radius 3 is 2.50 bits per heavy atom. The van der Waals surface area contributed by atoms with Crippen LogP contribution in [0.1, 0.15) is 37.4 Å². The molecule has 0 saturated carbocycles. The predicted octanol–water partition coefficient (Wildman–Crippen LogP) is 3.24. The van der Waals surface area contributed by atoms with Gasteiger partial charge in [-0.1, -0.05) is 18.2 Å². The molecule has 1 unspecified atom stereocenters. The highest BCUT2D eigenvalue weighted by Crippen LogP contribution is 2.32. The number of hydrogen-bond acceptors (Lipinski definition) is 5. The summed E-state index contributed by atoms with van der Waals surface area (Å²) in [6.07, 6.45) is 1.24. The minimum atomic E-state index is -0.206. The predicted molar refractivity (Wildman–Crippen MR) is 105 cm³/mol. The molecule has 1 atom stereocenters. The molecule has 1 aliphatic rings. The fourth-order valence-corrected chi connectivity index (χ4v) is 2.92. The van der Waals surface area contributed by atoms with E-state index in [1.807, 2.05) is 49.4 Å². The van der Waals surface area contributed by atoms with Crippen molar-refractivity contribution < 1.29 is 23.8 Å². The molecular formula is C22H25NO5. The van der Waals surface area contributed by atoms with Gasteiger partial charge in [-0.05, 0) is 55.7 Å². The van der Waals surface area contributed by atoms with Crippen molar-refractivity contribution in [1.82, 2.24) is 5.32 Å². The van der Waals surface area contributed by atoms with Crippen molar-refractivity contribution in [3.8, 4) is 17.2 Å². The van der Waals surface area contributed by atoms with Crippen LogP contribution in [0.2, 0.25) is 0 Å². The lowest BCUT2D eigenvalue weighted by Crippen LogP contribution is -2.31. The molecule has 28 heavy (non-hydrogen) atoms. The topological polar surface area (TPSA) is 73.9 Å². The number of hydrogen-bond donors (Lipinski definition) is 1. The summed E-state index contributed by atoms with van der Waals surface area (Å²) in [5.41, 5.74) is 2.01. The molecule has 6 heteroatoms. The molecule has 0 aliphatic carbocycles. The van der Waals surface area contributed by atoms with E-state index in [4.69, 9.17) is 14.2 Å². The summed E-state index contributed by atoms with van der Waals surface area (Å²) < 4.78 is 16.6. The third kappa shape index (κ3) is 5.49. The van der Waals surface area contributed by atoms with Gasteiger partial charge in [0.05, 0.1) is 6.04 Å². The number of aryl methyl sites for hydroxylation is 1. The molecule has 2 aromatic carbocycles. The van der Waals surface area contributed by atoms with E-state index in [-0.39, 0.29) is 24.3 Å². The largest absolute Gasteiger partial charge is 0.486 e. The zero-order valence-electron chi connectivity index (χ0n) is 16.2. The zero-order valence-corrected chi connectivity index (χ0v) is 16.2. The Morgan fingerprint density at radius 2 is 1.79 bits per heavy atom. The maximum Gasteiger partial charge on any atom is 0.258 e. The van der Waals surface area contributed by atoms with Crippen molar-refractivity contribution in [2.75, 3.05) is 19.8 Å². The van der Waals surface area contributed by atoms with Crippen molar-refractivity contribution in [2.45, 2.75) is 32.7 Å². The number of ether oxygens (including phenoxy) is 3. The van der Waals surface area contributed by atoms with Crippen LogP contribution in [0, 0.1) is 0 Å². The van der Waals surface area contributed by atoms with Crippen molar-refractivity contribution in [3.63, 3.8) is 0 Å². The zero-order chi connectivity index (χ0) is 19.9. The van der Waals surface area contributed by atoms with Crippen LogP contribution in [0.5, 0.6) is 17.2 Å². The van der Waals surface area contributed by atoms with Crippen LogP contribution < -0.4 is 19.5 Å². The SMILES string of the molecule is CC(=O)CCc1ccc(OCC(=O)NC(C)c2ccc3c(c2)OCCO3)cc1. The van der Waals surface area contributed by atoms with Gasteiger partial charge in [-0.2, -0.15) is 0 Å². The maximum atomic E-state index is 12.2. The van der Waals surface area contributed by atoms with E-state index in [2.05, 4.69) is 5.32 Å². The van der Waals surface area contributed by atoms with Gasteiger partial charge in [0.2, 0.25) is 0 Å². The quantitative estimate of drug-likeness (QED) is 0.758. The van der Waals surface area contributed by atoms with Crippen LogP contribution >= 0.6 is 0 Å². The van der Waals surface area contributed by atoms with Crippen LogP contribution in [0.3, 0.4) is 0 Å². The minimum Gasteiger partial charge on any atom is -0.486 e. The first-order valence-electron chi connectivity index (χ1n) is 9.41. The summed E-state index contributed by atoms with van der Waals surface area (Å²) >= 11 is 0. The summed E-state index contributed by atoms with van der Waals surface area (Å²) in [6.45, 7) is 4.50. The van der Waals surface area contributed by atoms with Gasteiger partial charge >= 0.3 is 0 Å². The lowest BCUT2D eigenvalue weighted by Gasteiger charge is -2.21. The summed E-state index contributed by atoms with van der Waals surface area (Å²) in [5.74, 6) is 2.01. The molecule has 3 rings (SSSR count). The second kappa shape index (κ2) is 9.26. The molecule has 0 radical (unpaired) electrons. The molecule has 148 valence electrons. The Morgan fingerprint density at radius 1 is 1.07 bits per heavy atom. The first kappa shape index (κ1) is 19.7. The smallest absolute Gasteiger partial charge is 0.258 e. The van der Waals surface area contributed by atoms with E-state index in [0.29, 0.717) is 37.6 Å². The van der Waals surface area contributed by atoms with Gasteiger partial charge in [0.15, 0.2) is 18.1 Å². The average Bonchev–Trinajstić information content (AvgIpc) is 2.71. The second-order valence-corrected chi connectivity index (χ2v) is 6.83. The van der Waals surface area contributed by atoms with E-state index < -0.39 is 0 Å². The van der Waals surface area contributed by atoms with Gasteiger partial charge in [0.1, 0.15) is 24.7 Å². The number of Topliss-reactive ketones (excluding diaryl/α,β-unsaturated/α-hetero) is 1. The molecule has 1 amide bonds. The van der Waals surface area contributed by atoms with Gasteiger partial charge in [0, 0.05) is 6.42 Å². The molecule has 0 aromatic heterocycles. The summed E-state index contributed by atoms with van der Waals surface area (Å²) in [7, 11) is 0. The third-order valence-electron chi connectivity index (χ3n) is 4.50. The molecule has 2 aromatic rings. The number of carbonyl (C=O) groups excluding carboxylic acids is 2. The minimum absolute atomic E-state index is 0.0678. The molecule has 6 nitrogen and oxygen atoms in total. The van der Waals surface area contributed by atoms with Crippen molar-refractivity contribution in [1.29, 1.82) is 0 Å².